The smallest absolute Gasteiger partial charge is 0.200 e. The standard InChI is InChI=1S/C15H21NO2/c1-9-7-10-11-3-2-5-16-6-4-12(14(18)13(10)17)15(11,16)8-9/h9-11,18H,2-8H2,1H3/t9-,10-,11-,15-/m1/s1. The Bertz CT molecular complexity index is 455. The van der Waals surface area contributed by atoms with Crippen LogP contribution in [-0.4, -0.2) is 34.4 Å². The van der Waals surface area contributed by atoms with Gasteiger partial charge >= 0.3 is 0 Å². The fourth-order valence-corrected chi connectivity index (χ4v) is 5.45. The highest BCUT2D eigenvalue weighted by Gasteiger charge is 2.62. The number of Topliss-reactive ketones (excluding diaryl/α,β-unsaturated/α-hetero) is 1. The van der Waals surface area contributed by atoms with Crippen molar-refractivity contribution in [1.82, 2.24) is 4.90 Å². The van der Waals surface area contributed by atoms with Crippen molar-refractivity contribution >= 4 is 5.78 Å². The van der Waals surface area contributed by atoms with Crippen molar-refractivity contribution in [3.63, 3.8) is 0 Å². The highest BCUT2D eigenvalue weighted by molar-refractivity contribution is 5.98. The van der Waals surface area contributed by atoms with E-state index < -0.39 is 0 Å². The Kier molecular flexibility index (Phi) is 2.07. The van der Waals surface area contributed by atoms with Crippen LogP contribution in [0.15, 0.2) is 11.3 Å². The van der Waals surface area contributed by atoms with E-state index in [1.807, 2.05) is 0 Å². The van der Waals surface area contributed by atoms with Crippen LogP contribution in [0.3, 0.4) is 0 Å². The highest BCUT2D eigenvalue weighted by Crippen LogP contribution is 2.59. The van der Waals surface area contributed by atoms with Crippen molar-refractivity contribution in [2.24, 2.45) is 17.8 Å². The molecule has 1 saturated carbocycles. The van der Waals surface area contributed by atoms with Gasteiger partial charge < -0.3 is 5.11 Å². The molecule has 4 atom stereocenters. The number of aliphatic hydroxyl groups is 1. The first-order valence-corrected chi connectivity index (χ1v) is 7.36. The first kappa shape index (κ1) is 11.0. The van der Waals surface area contributed by atoms with E-state index in [4.69, 9.17) is 0 Å². The summed E-state index contributed by atoms with van der Waals surface area (Å²) in [4.78, 5) is 15.0. The molecule has 0 radical (unpaired) electrons. The zero-order valence-electron chi connectivity index (χ0n) is 11.0. The monoisotopic (exact) mass is 247 g/mol. The zero-order valence-corrected chi connectivity index (χ0v) is 11.0. The maximum Gasteiger partial charge on any atom is 0.200 e. The molecule has 0 amide bonds. The molecule has 2 saturated heterocycles. The fraction of sp³-hybridized carbons (Fsp3) is 0.800. The average Bonchev–Trinajstić information content (AvgIpc) is 2.71. The summed E-state index contributed by atoms with van der Waals surface area (Å²) in [5.74, 6) is 1.40. The largest absolute Gasteiger partial charge is 0.504 e. The molecule has 2 aliphatic carbocycles. The van der Waals surface area contributed by atoms with E-state index in [0.29, 0.717) is 11.8 Å². The SMILES string of the molecule is C[C@@H]1C[C@H]2C(=O)C(O)=C3CCN4CCC[C@H]2[C@]34C1. The second kappa shape index (κ2) is 3.38. The molecule has 1 spiro atoms. The lowest BCUT2D eigenvalue weighted by atomic mass is 9.54. The Labute approximate surface area is 108 Å². The van der Waals surface area contributed by atoms with Crippen LogP contribution in [0.4, 0.5) is 0 Å². The van der Waals surface area contributed by atoms with Gasteiger partial charge in [-0.3, -0.25) is 9.69 Å². The predicted molar refractivity (Wildman–Crippen MR) is 68.2 cm³/mol. The quantitative estimate of drug-likeness (QED) is 0.714. The minimum Gasteiger partial charge on any atom is -0.504 e. The Morgan fingerprint density at radius 2 is 2.22 bits per heavy atom. The Balaban J connectivity index is 1.95. The van der Waals surface area contributed by atoms with E-state index in [1.54, 1.807) is 0 Å². The van der Waals surface area contributed by atoms with E-state index >= 15 is 0 Å². The molecule has 98 valence electrons. The number of aliphatic hydroxyl groups excluding tert-OH is 1. The second-order valence-electron chi connectivity index (χ2n) is 6.75. The van der Waals surface area contributed by atoms with Crippen molar-refractivity contribution in [3.8, 4) is 0 Å². The van der Waals surface area contributed by atoms with Crippen LogP contribution in [-0.2, 0) is 4.79 Å². The van der Waals surface area contributed by atoms with Crippen LogP contribution < -0.4 is 0 Å². The van der Waals surface area contributed by atoms with Gasteiger partial charge in [-0.1, -0.05) is 6.92 Å². The molecule has 4 rings (SSSR count). The van der Waals surface area contributed by atoms with Gasteiger partial charge in [0, 0.05) is 18.0 Å². The number of ketones is 1. The summed E-state index contributed by atoms with van der Waals surface area (Å²) in [6.45, 7) is 4.47. The molecule has 3 fully saturated rings. The van der Waals surface area contributed by atoms with Crippen molar-refractivity contribution < 1.29 is 9.90 Å². The first-order valence-electron chi connectivity index (χ1n) is 7.36. The molecular weight excluding hydrogens is 226 g/mol. The number of piperidine rings is 1. The Morgan fingerprint density at radius 1 is 1.39 bits per heavy atom. The van der Waals surface area contributed by atoms with Gasteiger partial charge in [-0.2, -0.15) is 0 Å². The lowest BCUT2D eigenvalue weighted by Gasteiger charge is -2.57. The van der Waals surface area contributed by atoms with Crippen LogP contribution in [0.5, 0.6) is 0 Å². The number of rotatable bonds is 0. The number of nitrogens with zero attached hydrogens (tertiary/aromatic N) is 1. The highest BCUT2D eigenvalue weighted by atomic mass is 16.3. The van der Waals surface area contributed by atoms with Crippen molar-refractivity contribution in [3.05, 3.63) is 11.3 Å². The number of hydrogen-bond acceptors (Lipinski definition) is 3. The summed E-state index contributed by atoms with van der Waals surface area (Å²) < 4.78 is 0. The maximum absolute atomic E-state index is 12.4. The Morgan fingerprint density at radius 3 is 3.06 bits per heavy atom. The summed E-state index contributed by atoms with van der Waals surface area (Å²) in [6, 6.07) is 0. The zero-order chi connectivity index (χ0) is 12.5. The van der Waals surface area contributed by atoms with E-state index in [0.717, 1.165) is 37.9 Å². The molecule has 0 unspecified atom stereocenters. The van der Waals surface area contributed by atoms with Gasteiger partial charge in [0.15, 0.2) is 5.76 Å². The summed E-state index contributed by atoms with van der Waals surface area (Å²) in [7, 11) is 0. The van der Waals surface area contributed by atoms with E-state index in [9.17, 15) is 9.90 Å². The van der Waals surface area contributed by atoms with Gasteiger partial charge in [-0.15, -0.1) is 0 Å². The molecule has 4 aliphatic rings. The lowest BCUT2D eigenvalue weighted by molar-refractivity contribution is -0.134. The topological polar surface area (TPSA) is 40.5 Å². The third-order valence-corrected chi connectivity index (χ3v) is 5.93. The molecule has 2 heterocycles. The van der Waals surface area contributed by atoms with E-state index in [2.05, 4.69) is 11.8 Å². The van der Waals surface area contributed by atoms with Gasteiger partial charge in [0.1, 0.15) is 0 Å². The number of carbonyl (C=O) groups excluding carboxylic acids is 1. The van der Waals surface area contributed by atoms with Crippen molar-refractivity contribution in [2.45, 2.75) is 44.6 Å². The van der Waals surface area contributed by atoms with Crippen molar-refractivity contribution in [1.29, 1.82) is 0 Å². The summed E-state index contributed by atoms with van der Waals surface area (Å²) in [5.41, 5.74) is 1.17. The minimum absolute atomic E-state index is 0.0564. The second-order valence-corrected chi connectivity index (χ2v) is 6.75. The van der Waals surface area contributed by atoms with Crippen molar-refractivity contribution in [2.75, 3.05) is 13.1 Å². The van der Waals surface area contributed by atoms with Crippen LogP contribution in [0, 0.1) is 17.8 Å². The molecule has 0 aromatic carbocycles. The van der Waals surface area contributed by atoms with Gasteiger partial charge in [0.25, 0.3) is 0 Å². The molecule has 3 heteroatoms. The maximum atomic E-state index is 12.4. The fourth-order valence-electron chi connectivity index (χ4n) is 5.45. The number of carbonyl (C=O) groups is 1. The third-order valence-electron chi connectivity index (χ3n) is 5.93. The Hall–Kier alpha value is -0.830. The van der Waals surface area contributed by atoms with Crippen LogP contribution in [0.1, 0.15) is 39.0 Å². The molecule has 2 bridgehead atoms. The van der Waals surface area contributed by atoms with E-state index in [1.165, 1.54) is 12.8 Å². The molecule has 2 aliphatic heterocycles. The lowest BCUT2D eigenvalue weighted by Crippen LogP contribution is -2.63. The van der Waals surface area contributed by atoms with Gasteiger partial charge in [-0.05, 0) is 56.1 Å². The summed E-state index contributed by atoms with van der Waals surface area (Å²) >= 11 is 0. The number of hydrogen-bond donors (Lipinski definition) is 1. The molecular formula is C15H21NO2. The van der Waals surface area contributed by atoms with Crippen LogP contribution >= 0.6 is 0 Å². The molecule has 3 nitrogen and oxygen atoms in total. The first-order chi connectivity index (χ1) is 8.64. The number of allylic oxidation sites excluding steroid dienone is 1. The average molecular weight is 247 g/mol. The molecule has 0 aromatic rings. The molecule has 18 heavy (non-hydrogen) atoms. The van der Waals surface area contributed by atoms with Gasteiger partial charge in [0.05, 0.1) is 0 Å². The normalized spacial score (nSPS) is 47.4. The van der Waals surface area contributed by atoms with Crippen LogP contribution in [0.25, 0.3) is 0 Å². The third kappa shape index (κ3) is 1.08. The predicted octanol–water partition coefficient (Wildman–Crippen LogP) is 2.28. The van der Waals surface area contributed by atoms with Gasteiger partial charge in [0.2, 0.25) is 5.78 Å². The summed E-state index contributed by atoms with van der Waals surface area (Å²) in [5, 5.41) is 10.3. The molecule has 0 aromatic heterocycles. The van der Waals surface area contributed by atoms with Crippen LogP contribution in [0.2, 0.25) is 0 Å². The molecule has 1 N–H and O–H groups in total. The van der Waals surface area contributed by atoms with E-state index in [-0.39, 0.29) is 23.0 Å². The summed E-state index contributed by atoms with van der Waals surface area (Å²) in [6.07, 6.45) is 5.44. The van der Waals surface area contributed by atoms with Gasteiger partial charge in [-0.25, -0.2) is 0 Å². The minimum atomic E-state index is 0.0564.